The van der Waals surface area contributed by atoms with Gasteiger partial charge >= 0.3 is 6.09 Å². The summed E-state index contributed by atoms with van der Waals surface area (Å²) in [6.45, 7) is 3.84. The standard InChI is InChI=1S/C31H38N4O6S/c1-3-22(2)19-34(42(39,40)26-16-14-24(32)15-17-26)20-28(36)27(18-23-10-6-4-7-11-23)33-30(37)29-21-35(31(38)41-29)25-12-8-5-9-13-25/h4-17,22,27-29,36H,3,18-21,32H2,1-2H3,(H,33,37)/t22-,27-,28+,29+/m0/s1. The maximum absolute atomic E-state index is 13.7. The van der Waals surface area contributed by atoms with Crippen LogP contribution in [0.4, 0.5) is 16.2 Å². The molecule has 0 bridgehead atoms. The van der Waals surface area contributed by atoms with Crippen molar-refractivity contribution in [3.63, 3.8) is 0 Å². The molecule has 0 unspecified atom stereocenters. The van der Waals surface area contributed by atoms with E-state index in [1.807, 2.05) is 50.2 Å². The third-order valence-electron chi connectivity index (χ3n) is 7.38. The summed E-state index contributed by atoms with van der Waals surface area (Å²) in [7, 11) is -3.98. The summed E-state index contributed by atoms with van der Waals surface area (Å²) in [6.07, 6.45) is -2.05. The van der Waals surface area contributed by atoms with Gasteiger partial charge in [-0.15, -0.1) is 0 Å². The van der Waals surface area contributed by atoms with Crippen LogP contribution in [0, 0.1) is 5.92 Å². The van der Waals surface area contributed by atoms with Gasteiger partial charge in [-0.05, 0) is 54.3 Å². The minimum atomic E-state index is -3.98. The number of nitrogens with one attached hydrogen (secondary N) is 1. The molecule has 10 nitrogen and oxygen atoms in total. The lowest BCUT2D eigenvalue weighted by Crippen LogP contribution is -2.53. The van der Waals surface area contributed by atoms with Gasteiger partial charge < -0.3 is 20.9 Å². The molecular formula is C31H38N4O6S. The molecule has 0 radical (unpaired) electrons. The van der Waals surface area contributed by atoms with Crippen molar-refractivity contribution in [1.29, 1.82) is 0 Å². The summed E-state index contributed by atoms with van der Waals surface area (Å²) in [4.78, 5) is 27.3. The molecular weight excluding hydrogens is 556 g/mol. The summed E-state index contributed by atoms with van der Waals surface area (Å²) >= 11 is 0. The lowest BCUT2D eigenvalue weighted by Gasteiger charge is -2.31. The van der Waals surface area contributed by atoms with Crippen molar-refractivity contribution < 1.29 is 27.9 Å². The van der Waals surface area contributed by atoms with E-state index in [1.165, 1.54) is 33.5 Å². The van der Waals surface area contributed by atoms with Crippen molar-refractivity contribution in [3.05, 3.63) is 90.5 Å². The molecule has 0 spiro atoms. The van der Waals surface area contributed by atoms with Crippen LogP contribution in [0.3, 0.4) is 0 Å². The van der Waals surface area contributed by atoms with E-state index in [0.29, 0.717) is 11.4 Å². The largest absolute Gasteiger partial charge is 0.434 e. The fraction of sp³-hybridized carbons (Fsp3) is 0.355. The van der Waals surface area contributed by atoms with Gasteiger partial charge in [0, 0.05) is 24.5 Å². The van der Waals surface area contributed by atoms with Crippen LogP contribution in [-0.4, -0.2) is 67.7 Å². The van der Waals surface area contributed by atoms with Crippen molar-refractivity contribution in [3.8, 4) is 0 Å². The molecule has 1 heterocycles. The second-order valence-corrected chi connectivity index (χ2v) is 12.5. The number of rotatable bonds is 13. The first-order valence-electron chi connectivity index (χ1n) is 14.0. The average molecular weight is 595 g/mol. The highest BCUT2D eigenvalue weighted by molar-refractivity contribution is 7.89. The topological polar surface area (TPSA) is 142 Å². The van der Waals surface area contributed by atoms with Gasteiger partial charge in [0.1, 0.15) is 0 Å². The van der Waals surface area contributed by atoms with Crippen LogP contribution in [-0.2, 0) is 26.0 Å². The Morgan fingerprint density at radius 1 is 1.05 bits per heavy atom. The average Bonchev–Trinajstić information content (AvgIpc) is 3.39. The molecule has 0 aliphatic carbocycles. The van der Waals surface area contributed by atoms with Gasteiger partial charge in [-0.2, -0.15) is 4.31 Å². The quantitative estimate of drug-likeness (QED) is 0.258. The molecule has 1 aliphatic heterocycles. The van der Waals surface area contributed by atoms with E-state index in [0.717, 1.165) is 12.0 Å². The molecule has 0 aromatic heterocycles. The monoisotopic (exact) mass is 594 g/mol. The highest BCUT2D eigenvalue weighted by atomic mass is 32.2. The Bertz CT molecular complexity index is 1440. The van der Waals surface area contributed by atoms with Gasteiger partial charge in [0.15, 0.2) is 6.10 Å². The first-order valence-corrected chi connectivity index (χ1v) is 15.4. The predicted octanol–water partition coefficient (Wildman–Crippen LogP) is 3.42. The molecule has 4 rings (SSSR count). The Balaban J connectivity index is 1.55. The lowest BCUT2D eigenvalue weighted by molar-refractivity contribution is -0.129. The van der Waals surface area contributed by atoms with Gasteiger partial charge in [0.25, 0.3) is 5.91 Å². The lowest BCUT2D eigenvalue weighted by atomic mass is 10.0. The summed E-state index contributed by atoms with van der Waals surface area (Å²) in [5, 5.41) is 14.3. The van der Waals surface area contributed by atoms with E-state index in [4.69, 9.17) is 10.5 Å². The number of nitrogen functional groups attached to an aromatic ring is 1. The maximum atomic E-state index is 13.7. The van der Waals surface area contributed by atoms with E-state index in [9.17, 15) is 23.1 Å². The van der Waals surface area contributed by atoms with Crippen molar-refractivity contribution in [1.82, 2.24) is 9.62 Å². The summed E-state index contributed by atoms with van der Waals surface area (Å²) in [6, 6.07) is 23.2. The van der Waals surface area contributed by atoms with Crippen LogP contribution in [0.1, 0.15) is 25.8 Å². The zero-order valence-corrected chi connectivity index (χ0v) is 24.6. The number of aliphatic hydroxyl groups is 1. The van der Waals surface area contributed by atoms with Crippen LogP contribution in [0.15, 0.2) is 89.8 Å². The molecule has 4 atom stereocenters. The van der Waals surface area contributed by atoms with E-state index < -0.39 is 40.3 Å². The molecule has 3 aromatic rings. The number of anilines is 2. The van der Waals surface area contributed by atoms with Crippen LogP contribution >= 0.6 is 0 Å². The molecule has 42 heavy (non-hydrogen) atoms. The summed E-state index contributed by atoms with van der Waals surface area (Å²) in [5.41, 5.74) is 7.65. The number of amides is 2. The fourth-order valence-electron chi connectivity index (χ4n) is 4.72. The Kier molecular flexibility index (Phi) is 10.2. The first-order chi connectivity index (χ1) is 20.1. The van der Waals surface area contributed by atoms with Gasteiger partial charge in [-0.25, -0.2) is 13.2 Å². The van der Waals surface area contributed by atoms with E-state index in [1.54, 1.807) is 24.3 Å². The van der Waals surface area contributed by atoms with Crippen LogP contribution in [0.25, 0.3) is 0 Å². The van der Waals surface area contributed by atoms with E-state index >= 15 is 0 Å². The SMILES string of the molecule is CC[C@H](C)CN(C[C@@H](O)[C@H](Cc1ccccc1)NC(=O)[C@H]1CN(c2ccccc2)C(=O)O1)S(=O)(=O)c1ccc(N)cc1. The summed E-state index contributed by atoms with van der Waals surface area (Å²) in [5.74, 6) is -0.554. The van der Waals surface area contributed by atoms with Crippen LogP contribution in [0.2, 0.25) is 0 Å². The third-order valence-corrected chi connectivity index (χ3v) is 9.23. The van der Waals surface area contributed by atoms with Gasteiger partial charge in [0.2, 0.25) is 10.0 Å². The number of cyclic esters (lactones) is 1. The number of nitrogens with two attached hydrogens (primary N) is 1. The van der Waals surface area contributed by atoms with Crippen molar-refractivity contribution in [2.75, 3.05) is 30.3 Å². The molecule has 4 N–H and O–H groups in total. The molecule has 0 saturated carbocycles. The van der Waals surface area contributed by atoms with Gasteiger partial charge in [-0.1, -0.05) is 68.8 Å². The maximum Gasteiger partial charge on any atom is 0.415 e. The molecule has 1 fully saturated rings. The van der Waals surface area contributed by atoms with Crippen molar-refractivity contribution in [2.24, 2.45) is 5.92 Å². The molecule has 1 saturated heterocycles. The van der Waals surface area contributed by atoms with Gasteiger partial charge in [-0.3, -0.25) is 9.69 Å². The fourth-order valence-corrected chi connectivity index (χ4v) is 6.30. The van der Waals surface area contributed by atoms with Crippen molar-refractivity contribution in [2.45, 2.75) is 49.8 Å². The second kappa shape index (κ2) is 13.8. The number of aliphatic hydroxyl groups excluding tert-OH is 1. The number of carbonyl (C=O) groups excluding carboxylic acids is 2. The van der Waals surface area contributed by atoms with E-state index in [2.05, 4.69) is 5.32 Å². The number of carbonyl (C=O) groups is 2. The predicted molar refractivity (Wildman–Crippen MR) is 161 cm³/mol. The Morgan fingerprint density at radius 3 is 2.29 bits per heavy atom. The zero-order chi connectivity index (χ0) is 30.3. The van der Waals surface area contributed by atoms with Crippen LogP contribution < -0.4 is 16.0 Å². The first kappa shape index (κ1) is 31.0. The Morgan fingerprint density at radius 2 is 1.67 bits per heavy atom. The van der Waals surface area contributed by atoms with Crippen molar-refractivity contribution >= 4 is 33.4 Å². The normalized spacial score (nSPS) is 17.5. The third kappa shape index (κ3) is 7.67. The number of ether oxygens (including phenoxy) is 1. The number of para-hydroxylation sites is 1. The molecule has 1 aliphatic rings. The minimum absolute atomic E-state index is 0.00842. The molecule has 11 heteroatoms. The van der Waals surface area contributed by atoms with Gasteiger partial charge in [0.05, 0.1) is 23.6 Å². The number of sulfonamides is 1. The summed E-state index contributed by atoms with van der Waals surface area (Å²) < 4.78 is 34.0. The number of hydrogen-bond acceptors (Lipinski definition) is 7. The molecule has 2 amide bonds. The Hall–Kier alpha value is -3.93. The smallest absolute Gasteiger partial charge is 0.415 e. The van der Waals surface area contributed by atoms with E-state index in [-0.39, 0.29) is 36.9 Å². The zero-order valence-electron chi connectivity index (χ0n) is 23.8. The number of nitrogens with zero attached hydrogens (tertiary/aromatic N) is 2. The number of hydrogen-bond donors (Lipinski definition) is 3. The van der Waals surface area contributed by atoms with Crippen LogP contribution in [0.5, 0.6) is 0 Å². The Labute approximate surface area is 247 Å². The molecule has 224 valence electrons. The minimum Gasteiger partial charge on any atom is -0.434 e. The number of benzene rings is 3. The highest BCUT2D eigenvalue weighted by Gasteiger charge is 2.39. The highest BCUT2D eigenvalue weighted by Crippen LogP contribution is 2.23. The second-order valence-electron chi connectivity index (χ2n) is 10.6. The molecule has 3 aromatic carbocycles.